The van der Waals surface area contributed by atoms with Gasteiger partial charge in [0.2, 0.25) is 0 Å². The van der Waals surface area contributed by atoms with Crippen molar-refractivity contribution in [3.05, 3.63) is 34.0 Å². The molecule has 0 fully saturated rings. The van der Waals surface area contributed by atoms with E-state index >= 15 is 0 Å². The Bertz CT molecular complexity index is 684. The van der Waals surface area contributed by atoms with E-state index in [2.05, 4.69) is 53.8 Å². The number of furan rings is 1. The molecule has 1 aromatic heterocycles. The van der Waals surface area contributed by atoms with Crippen molar-refractivity contribution >= 4 is 32.8 Å². The van der Waals surface area contributed by atoms with Gasteiger partial charge in [-0.05, 0) is 52.8 Å². The molecule has 0 aliphatic rings. The number of aryl methyl sites for hydroxylation is 1. The quantitative estimate of drug-likeness (QED) is 0.809. The number of carbonyl (C=O) groups is 1. The number of nitrogens with zero attached hydrogens (tertiary/aromatic N) is 1. The number of carbonyl (C=O) groups excluding carboxylic acids is 1. The maximum absolute atomic E-state index is 12.4. The maximum Gasteiger partial charge on any atom is 0.287 e. The second-order valence-electron chi connectivity index (χ2n) is 6.38. The van der Waals surface area contributed by atoms with E-state index in [-0.39, 0.29) is 5.91 Å². The van der Waals surface area contributed by atoms with Crippen LogP contribution in [0, 0.1) is 6.92 Å². The Kier molecular flexibility index (Phi) is 5.87. The zero-order valence-corrected chi connectivity index (χ0v) is 16.0. The van der Waals surface area contributed by atoms with Crippen molar-refractivity contribution in [2.45, 2.75) is 46.7 Å². The minimum Gasteiger partial charge on any atom is -0.451 e. The lowest BCUT2D eigenvalue weighted by atomic mass is 10.1. The smallest absolute Gasteiger partial charge is 0.287 e. The van der Waals surface area contributed by atoms with Crippen LogP contribution in [0.3, 0.4) is 0 Å². The summed E-state index contributed by atoms with van der Waals surface area (Å²) in [7, 11) is 0. The maximum atomic E-state index is 12.4. The highest BCUT2D eigenvalue weighted by Crippen LogP contribution is 2.27. The van der Waals surface area contributed by atoms with E-state index in [9.17, 15) is 4.79 Å². The molecule has 0 saturated heterocycles. The van der Waals surface area contributed by atoms with Crippen molar-refractivity contribution in [3.8, 4) is 0 Å². The van der Waals surface area contributed by atoms with E-state index in [1.54, 1.807) is 0 Å². The van der Waals surface area contributed by atoms with Crippen LogP contribution in [-0.4, -0.2) is 36.0 Å². The lowest BCUT2D eigenvalue weighted by Gasteiger charge is -2.30. The summed E-state index contributed by atoms with van der Waals surface area (Å²) in [6.07, 6.45) is 0. The Morgan fingerprint density at radius 1 is 1.26 bits per heavy atom. The Labute approximate surface area is 146 Å². The molecule has 0 radical (unpaired) electrons. The third-order valence-corrected chi connectivity index (χ3v) is 4.58. The molecule has 126 valence electrons. The van der Waals surface area contributed by atoms with Crippen LogP contribution in [0.1, 0.15) is 43.8 Å². The van der Waals surface area contributed by atoms with Crippen molar-refractivity contribution < 1.29 is 9.21 Å². The Morgan fingerprint density at radius 3 is 2.52 bits per heavy atom. The summed E-state index contributed by atoms with van der Waals surface area (Å²) >= 11 is 3.45. The number of fused-ring (bicyclic) bond motifs is 1. The van der Waals surface area contributed by atoms with Crippen molar-refractivity contribution in [1.29, 1.82) is 0 Å². The molecule has 0 saturated carbocycles. The molecule has 1 amide bonds. The first-order valence-electron chi connectivity index (χ1n) is 8.03. The van der Waals surface area contributed by atoms with Gasteiger partial charge in [0.1, 0.15) is 5.58 Å². The SMILES string of the molecule is Cc1c(C(=O)NCCN(C(C)C)C(C)C)oc2ccc(Br)cc12. The minimum atomic E-state index is -0.151. The van der Waals surface area contributed by atoms with Crippen LogP contribution in [0.25, 0.3) is 11.0 Å². The number of hydrogen-bond donors (Lipinski definition) is 1. The summed E-state index contributed by atoms with van der Waals surface area (Å²) in [4.78, 5) is 14.8. The molecule has 0 atom stereocenters. The molecule has 0 bridgehead atoms. The van der Waals surface area contributed by atoms with Gasteiger partial charge < -0.3 is 9.73 Å². The van der Waals surface area contributed by atoms with Crippen LogP contribution < -0.4 is 5.32 Å². The fourth-order valence-electron chi connectivity index (χ4n) is 2.90. The summed E-state index contributed by atoms with van der Waals surface area (Å²) in [6.45, 7) is 12.0. The first-order chi connectivity index (χ1) is 10.8. The van der Waals surface area contributed by atoms with Gasteiger partial charge in [-0.25, -0.2) is 0 Å². The minimum absolute atomic E-state index is 0.151. The van der Waals surface area contributed by atoms with Crippen LogP contribution in [-0.2, 0) is 0 Å². The van der Waals surface area contributed by atoms with Crippen LogP contribution in [0.4, 0.5) is 0 Å². The predicted octanol–water partition coefficient (Wildman–Crippen LogP) is 4.35. The van der Waals surface area contributed by atoms with Crippen molar-refractivity contribution in [2.75, 3.05) is 13.1 Å². The molecule has 2 rings (SSSR count). The molecule has 23 heavy (non-hydrogen) atoms. The number of rotatable bonds is 6. The number of amides is 1. The van der Waals surface area contributed by atoms with E-state index in [0.717, 1.165) is 27.6 Å². The topological polar surface area (TPSA) is 45.5 Å². The van der Waals surface area contributed by atoms with Crippen LogP contribution >= 0.6 is 15.9 Å². The van der Waals surface area contributed by atoms with Gasteiger partial charge in [-0.3, -0.25) is 9.69 Å². The number of hydrogen-bond acceptors (Lipinski definition) is 3. The number of benzene rings is 1. The third kappa shape index (κ3) is 4.15. The lowest BCUT2D eigenvalue weighted by molar-refractivity contribution is 0.0913. The van der Waals surface area contributed by atoms with Crippen molar-refractivity contribution in [2.24, 2.45) is 0 Å². The highest BCUT2D eigenvalue weighted by Gasteiger charge is 2.18. The molecule has 1 N–H and O–H groups in total. The highest BCUT2D eigenvalue weighted by molar-refractivity contribution is 9.10. The summed E-state index contributed by atoms with van der Waals surface area (Å²) in [5.41, 5.74) is 1.62. The third-order valence-electron chi connectivity index (χ3n) is 4.09. The van der Waals surface area contributed by atoms with Crippen LogP contribution in [0.2, 0.25) is 0 Å². The van der Waals surface area contributed by atoms with Gasteiger partial charge in [0.05, 0.1) is 0 Å². The molecular weight excluding hydrogens is 356 g/mol. The van der Waals surface area contributed by atoms with Crippen LogP contribution in [0.5, 0.6) is 0 Å². The molecule has 0 unspecified atom stereocenters. The summed E-state index contributed by atoms with van der Waals surface area (Å²) in [6, 6.07) is 6.68. The fourth-order valence-corrected chi connectivity index (χ4v) is 3.26. The van der Waals surface area contributed by atoms with Gasteiger partial charge in [0.25, 0.3) is 5.91 Å². The van der Waals surface area contributed by atoms with Gasteiger partial charge >= 0.3 is 0 Å². The van der Waals surface area contributed by atoms with Gasteiger partial charge in [0.15, 0.2) is 5.76 Å². The second-order valence-corrected chi connectivity index (χ2v) is 7.29. The Hall–Kier alpha value is -1.33. The average Bonchev–Trinajstić information content (AvgIpc) is 2.79. The van der Waals surface area contributed by atoms with Gasteiger partial charge in [-0.2, -0.15) is 0 Å². The predicted molar refractivity (Wildman–Crippen MR) is 98.0 cm³/mol. The van der Waals surface area contributed by atoms with E-state index in [0.29, 0.717) is 24.4 Å². The number of halogens is 1. The van der Waals surface area contributed by atoms with E-state index in [1.807, 2.05) is 25.1 Å². The molecule has 1 aromatic carbocycles. The molecule has 1 heterocycles. The van der Waals surface area contributed by atoms with Gasteiger partial charge in [0, 0.05) is 40.6 Å². The largest absolute Gasteiger partial charge is 0.451 e. The molecule has 5 heteroatoms. The fraction of sp³-hybridized carbons (Fsp3) is 0.500. The van der Waals surface area contributed by atoms with Crippen LogP contribution in [0.15, 0.2) is 27.1 Å². The zero-order valence-electron chi connectivity index (χ0n) is 14.4. The summed E-state index contributed by atoms with van der Waals surface area (Å²) in [5, 5.41) is 3.94. The van der Waals surface area contributed by atoms with Gasteiger partial charge in [-0.1, -0.05) is 15.9 Å². The number of nitrogens with one attached hydrogen (secondary N) is 1. The summed E-state index contributed by atoms with van der Waals surface area (Å²) < 4.78 is 6.70. The van der Waals surface area contributed by atoms with Crippen molar-refractivity contribution in [3.63, 3.8) is 0 Å². The van der Waals surface area contributed by atoms with Gasteiger partial charge in [-0.15, -0.1) is 0 Å². The second kappa shape index (κ2) is 7.49. The standard InChI is InChI=1S/C18H25BrN2O2/c1-11(2)21(12(3)4)9-8-20-18(22)17-13(5)15-10-14(19)6-7-16(15)23-17/h6-7,10-12H,8-9H2,1-5H3,(H,20,22). The normalized spacial score (nSPS) is 11.9. The molecule has 4 nitrogen and oxygen atoms in total. The molecule has 0 aliphatic heterocycles. The molecule has 0 aliphatic carbocycles. The van der Waals surface area contributed by atoms with E-state index < -0.39 is 0 Å². The highest BCUT2D eigenvalue weighted by atomic mass is 79.9. The molecule has 0 spiro atoms. The first-order valence-corrected chi connectivity index (χ1v) is 8.83. The lowest BCUT2D eigenvalue weighted by Crippen LogP contribution is -2.42. The monoisotopic (exact) mass is 380 g/mol. The molecule has 2 aromatic rings. The Morgan fingerprint density at radius 2 is 1.91 bits per heavy atom. The Balaban J connectivity index is 2.05. The molecular formula is C18H25BrN2O2. The van der Waals surface area contributed by atoms with E-state index in [1.165, 1.54) is 0 Å². The average molecular weight is 381 g/mol. The summed E-state index contributed by atoms with van der Waals surface area (Å²) in [5.74, 6) is 0.251. The van der Waals surface area contributed by atoms with Crippen molar-refractivity contribution in [1.82, 2.24) is 10.2 Å². The first kappa shape index (κ1) is 18.0. The van der Waals surface area contributed by atoms with E-state index in [4.69, 9.17) is 4.42 Å². The zero-order chi connectivity index (χ0) is 17.1.